The number of carbonyl (C=O) groups is 2. The smallest absolute Gasteiger partial charge is 0.338 e. The van der Waals surface area contributed by atoms with Gasteiger partial charge in [-0.1, -0.05) is 12.1 Å². The van der Waals surface area contributed by atoms with Gasteiger partial charge in [0, 0.05) is 32.3 Å². The van der Waals surface area contributed by atoms with Gasteiger partial charge in [-0.3, -0.25) is 14.4 Å². The Morgan fingerprint density at radius 3 is 2.40 bits per heavy atom. The highest BCUT2D eigenvalue weighted by molar-refractivity contribution is 5.94. The second kappa shape index (κ2) is 8.33. The van der Waals surface area contributed by atoms with Gasteiger partial charge in [0.05, 0.1) is 23.2 Å². The predicted octanol–water partition coefficient (Wildman–Crippen LogP) is 3.44. The molecule has 1 fully saturated rings. The zero-order chi connectivity index (χ0) is 22.1. The number of amides is 2. The van der Waals surface area contributed by atoms with E-state index in [9.17, 15) is 27.6 Å². The molecule has 2 unspecified atom stereocenters. The fraction of sp³-hybridized carbons (Fsp3) is 0.381. The van der Waals surface area contributed by atoms with Crippen molar-refractivity contribution in [1.82, 2.24) is 9.47 Å². The lowest BCUT2D eigenvalue weighted by Gasteiger charge is -2.38. The molecule has 0 aliphatic carbocycles. The second-order valence-corrected chi connectivity index (χ2v) is 7.25. The highest BCUT2D eigenvalue weighted by Crippen LogP contribution is 2.38. The number of nitrogens with zero attached hydrogens (tertiary/aromatic N) is 2. The summed E-state index contributed by atoms with van der Waals surface area (Å²) in [5.41, 5.74) is -0.0932. The SMILES string of the molecule is CCn1cc(NC(=O)C2CCC(=O)N(C)C2c2ccc(C(F)(F)F)cc2)ccc1=O. The lowest BCUT2D eigenvalue weighted by molar-refractivity contribution is -0.140. The summed E-state index contributed by atoms with van der Waals surface area (Å²) < 4.78 is 40.1. The lowest BCUT2D eigenvalue weighted by Crippen LogP contribution is -2.44. The van der Waals surface area contributed by atoms with E-state index in [0.717, 1.165) is 12.1 Å². The first-order chi connectivity index (χ1) is 14.1. The van der Waals surface area contributed by atoms with Crippen LogP contribution >= 0.6 is 0 Å². The summed E-state index contributed by atoms with van der Waals surface area (Å²) in [6.07, 6.45) is -2.49. The molecule has 1 saturated heterocycles. The van der Waals surface area contributed by atoms with Crippen molar-refractivity contribution in [2.75, 3.05) is 12.4 Å². The van der Waals surface area contributed by atoms with Gasteiger partial charge in [-0.25, -0.2) is 0 Å². The minimum atomic E-state index is -4.47. The normalized spacial score (nSPS) is 19.6. The number of hydrogen-bond acceptors (Lipinski definition) is 3. The van der Waals surface area contributed by atoms with Gasteiger partial charge in [0.1, 0.15) is 0 Å². The van der Waals surface area contributed by atoms with E-state index in [1.807, 2.05) is 0 Å². The third-order valence-electron chi connectivity index (χ3n) is 5.37. The van der Waals surface area contributed by atoms with Crippen molar-refractivity contribution in [3.05, 3.63) is 64.1 Å². The number of halogens is 3. The molecular formula is C21H22F3N3O3. The maximum absolute atomic E-state index is 13.0. The summed E-state index contributed by atoms with van der Waals surface area (Å²) in [7, 11) is 1.54. The van der Waals surface area contributed by atoms with E-state index in [-0.39, 0.29) is 30.2 Å². The number of nitrogens with one attached hydrogen (secondary N) is 1. The van der Waals surface area contributed by atoms with Crippen molar-refractivity contribution in [2.45, 2.75) is 38.5 Å². The Balaban J connectivity index is 1.88. The largest absolute Gasteiger partial charge is 0.416 e. The van der Waals surface area contributed by atoms with E-state index in [0.29, 0.717) is 17.8 Å². The van der Waals surface area contributed by atoms with Gasteiger partial charge in [0.15, 0.2) is 0 Å². The zero-order valence-corrected chi connectivity index (χ0v) is 16.6. The Kier molecular flexibility index (Phi) is 6.00. The molecule has 0 saturated carbocycles. The van der Waals surface area contributed by atoms with Gasteiger partial charge < -0.3 is 14.8 Å². The number of rotatable bonds is 4. The number of anilines is 1. The number of likely N-dealkylation sites (tertiary alicyclic amines) is 1. The first-order valence-electron chi connectivity index (χ1n) is 9.56. The van der Waals surface area contributed by atoms with E-state index < -0.39 is 23.7 Å². The number of aryl methyl sites for hydroxylation is 1. The fourth-order valence-corrected chi connectivity index (χ4v) is 3.73. The van der Waals surface area contributed by atoms with Crippen LogP contribution in [-0.4, -0.2) is 28.3 Å². The molecule has 1 N–H and O–H groups in total. The molecule has 1 aromatic heterocycles. The van der Waals surface area contributed by atoms with Crippen molar-refractivity contribution in [3.8, 4) is 0 Å². The highest BCUT2D eigenvalue weighted by Gasteiger charge is 2.39. The number of piperidine rings is 1. The van der Waals surface area contributed by atoms with Gasteiger partial charge in [0.2, 0.25) is 11.8 Å². The fourth-order valence-electron chi connectivity index (χ4n) is 3.73. The molecule has 3 rings (SSSR count). The van der Waals surface area contributed by atoms with Gasteiger partial charge >= 0.3 is 6.18 Å². The molecule has 30 heavy (non-hydrogen) atoms. The average Bonchev–Trinajstić information content (AvgIpc) is 2.70. The van der Waals surface area contributed by atoms with Crippen LogP contribution in [-0.2, 0) is 22.3 Å². The number of carbonyl (C=O) groups excluding carboxylic acids is 2. The Bertz CT molecular complexity index is 999. The standard InChI is InChI=1S/C21H22F3N3O3/c1-3-27-12-15(8-10-18(27)29)25-20(30)16-9-11-17(28)26(2)19(16)13-4-6-14(7-5-13)21(22,23)24/h4-8,10,12,16,19H,3,9,11H2,1-2H3,(H,25,30). The topological polar surface area (TPSA) is 71.4 Å². The molecule has 1 aromatic carbocycles. The van der Waals surface area contributed by atoms with Gasteiger partial charge in [0.25, 0.3) is 5.56 Å². The van der Waals surface area contributed by atoms with Crippen molar-refractivity contribution in [3.63, 3.8) is 0 Å². The summed E-state index contributed by atoms with van der Waals surface area (Å²) in [6.45, 7) is 2.24. The number of benzene rings is 1. The molecular weight excluding hydrogens is 399 g/mol. The third kappa shape index (κ3) is 4.39. The number of pyridine rings is 1. The van der Waals surface area contributed by atoms with Crippen LogP contribution in [0, 0.1) is 5.92 Å². The Labute approximate surface area is 171 Å². The third-order valence-corrected chi connectivity index (χ3v) is 5.37. The minimum Gasteiger partial charge on any atom is -0.338 e. The highest BCUT2D eigenvalue weighted by atomic mass is 19.4. The Hall–Kier alpha value is -3.10. The summed E-state index contributed by atoms with van der Waals surface area (Å²) in [6, 6.07) is 6.68. The van der Waals surface area contributed by atoms with Crippen molar-refractivity contribution < 1.29 is 22.8 Å². The van der Waals surface area contributed by atoms with Crippen LogP contribution in [0.1, 0.15) is 36.9 Å². The Morgan fingerprint density at radius 1 is 1.13 bits per heavy atom. The molecule has 1 aliphatic rings. The number of hydrogen-bond donors (Lipinski definition) is 1. The van der Waals surface area contributed by atoms with E-state index in [1.54, 1.807) is 14.0 Å². The monoisotopic (exact) mass is 421 g/mol. The number of alkyl halides is 3. The molecule has 160 valence electrons. The van der Waals surface area contributed by atoms with Gasteiger partial charge in [-0.2, -0.15) is 13.2 Å². The summed E-state index contributed by atoms with van der Waals surface area (Å²) in [5, 5.41) is 2.77. The molecule has 0 spiro atoms. The minimum absolute atomic E-state index is 0.167. The van der Waals surface area contributed by atoms with Crippen molar-refractivity contribution in [2.24, 2.45) is 5.92 Å². The molecule has 9 heteroatoms. The Morgan fingerprint density at radius 2 is 1.80 bits per heavy atom. The molecule has 1 aliphatic heterocycles. The van der Waals surface area contributed by atoms with Gasteiger partial charge in [-0.05, 0) is 37.1 Å². The van der Waals surface area contributed by atoms with E-state index in [4.69, 9.17) is 0 Å². The summed E-state index contributed by atoms with van der Waals surface area (Å²) >= 11 is 0. The van der Waals surface area contributed by atoms with Gasteiger partial charge in [-0.15, -0.1) is 0 Å². The lowest BCUT2D eigenvalue weighted by atomic mass is 9.83. The quantitative estimate of drug-likeness (QED) is 0.822. The van der Waals surface area contributed by atoms with E-state index in [2.05, 4.69) is 5.32 Å². The molecule has 2 heterocycles. The maximum Gasteiger partial charge on any atom is 0.416 e. The average molecular weight is 421 g/mol. The summed E-state index contributed by atoms with van der Waals surface area (Å²) in [5.74, 6) is -1.18. The van der Waals surface area contributed by atoms with Crippen LogP contribution in [0.3, 0.4) is 0 Å². The number of aromatic nitrogens is 1. The van der Waals surface area contributed by atoms with Crippen LogP contribution in [0.15, 0.2) is 47.4 Å². The first kappa shape index (κ1) is 21.6. The van der Waals surface area contributed by atoms with Crippen molar-refractivity contribution >= 4 is 17.5 Å². The molecule has 0 radical (unpaired) electrons. The van der Waals surface area contributed by atoms with E-state index >= 15 is 0 Å². The molecule has 2 atom stereocenters. The van der Waals surface area contributed by atoms with Crippen LogP contribution < -0.4 is 10.9 Å². The molecule has 2 amide bonds. The predicted molar refractivity (Wildman–Crippen MR) is 105 cm³/mol. The van der Waals surface area contributed by atoms with Crippen LogP contribution in [0.4, 0.5) is 18.9 Å². The zero-order valence-electron chi connectivity index (χ0n) is 16.6. The first-order valence-corrected chi connectivity index (χ1v) is 9.56. The van der Waals surface area contributed by atoms with Crippen LogP contribution in [0.2, 0.25) is 0 Å². The molecule has 2 aromatic rings. The maximum atomic E-state index is 13.0. The van der Waals surface area contributed by atoms with Crippen LogP contribution in [0.5, 0.6) is 0 Å². The second-order valence-electron chi connectivity index (χ2n) is 7.25. The summed E-state index contributed by atoms with van der Waals surface area (Å²) in [4.78, 5) is 38.4. The molecule has 6 nitrogen and oxygen atoms in total. The van der Waals surface area contributed by atoms with E-state index in [1.165, 1.54) is 39.9 Å². The van der Waals surface area contributed by atoms with Crippen molar-refractivity contribution in [1.29, 1.82) is 0 Å². The van der Waals surface area contributed by atoms with Crippen LogP contribution in [0.25, 0.3) is 0 Å². The molecule has 0 bridgehead atoms.